The number of nitrogens with one attached hydrogen (secondary N) is 2. The molecule has 2 heterocycles. The van der Waals surface area contributed by atoms with Crippen molar-refractivity contribution >= 4 is 29.4 Å². The molecule has 162 valence electrons. The first-order chi connectivity index (χ1) is 15.0. The van der Waals surface area contributed by atoms with Crippen LogP contribution in [0.5, 0.6) is 0 Å². The molecule has 0 saturated heterocycles. The first kappa shape index (κ1) is 20.6. The van der Waals surface area contributed by atoms with Gasteiger partial charge in [-0.3, -0.25) is 14.9 Å². The number of benzene rings is 1. The van der Waals surface area contributed by atoms with E-state index in [1.165, 1.54) is 5.56 Å². The molecule has 3 aromatic rings. The molecule has 0 unspecified atom stereocenters. The molecule has 4 rings (SSSR count). The van der Waals surface area contributed by atoms with E-state index < -0.39 is 5.91 Å². The Balaban J connectivity index is 1.31. The van der Waals surface area contributed by atoms with Crippen molar-refractivity contribution in [1.82, 2.24) is 15.4 Å². The molecule has 0 radical (unpaired) electrons. The second-order valence-electron chi connectivity index (χ2n) is 7.83. The van der Waals surface area contributed by atoms with Gasteiger partial charge in [-0.05, 0) is 62.1 Å². The number of carbonyl (C=O) groups is 2. The highest BCUT2D eigenvalue weighted by Crippen LogP contribution is 2.37. The predicted octanol–water partition coefficient (Wildman–Crippen LogP) is 3.51. The standard InChI is InChI=1S/C21H24N6O4/c1-12-10-18(31-27-12)24-21-26-25-20(30-21)19(29)23-16-8-6-15(7-9-16)14-4-2-13(3-5-14)11-17(22)28/h6-10,13-14H,2-5,11H2,1H3,(H2,22,28)(H,23,29)(H,24,26)/t13-,14-. The molecule has 0 spiro atoms. The summed E-state index contributed by atoms with van der Waals surface area (Å²) in [6, 6.07) is 9.44. The molecule has 2 amide bonds. The molecule has 1 fully saturated rings. The van der Waals surface area contributed by atoms with Gasteiger partial charge in [0.2, 0.25) is 11.8 Å². The van der Waals surface area contributed by atoms with Crippen LogP contribution in [0.1, 0.15) is 60.0 Å². The average molecular weight is 424 g/mol. The van der Waals surface area contributed by atoms with Crippen LogP contribution in [-0.4, -0.2) is 27.2 Å². The summed E-state index contributed by atoms with van der Waals surface area (Å²) < 4.78 is 10.3. The van der Waals surface area contributed by atoms with E-state index in [1.54, 1.807) is 13.0 Å². The van der Waals surface area contributed by atoms with Crippen molar-refractivity contribution in [3.63, 3.8) is 0 Å². The van der Waals surface area contributed by atoms with Crippen LogP contribution in [0.3, 0.4) is 0 Å². The minimum absolute atomic E-state index is 0.0311. The van der Waals surface area contributed by atoms with E-state index in [4.69, 9.17) is 14.7 Å². The first-order valence-corrected chi connectivity index (χ1v) is 10.2. The van der Waals surface area contributed by atoms with Gasteiger partial charge in [-0.15, -0.1) is 5.10 Å². The Bertz CT molecular complexity index is 1050. The van der Waals surface area contributed by atoms with Gasteiger partial charge in [0.25, 0.3) is 0 Å². The number of carbonyl (C=O) groups excluding carboxylic acids is 2. The van der Waals surface area contributed by atoms with Crippen LogP contribution in [-0.2, 0) is 4.79 Å². The van der Waals surface area contributed by atoms with E-state index in [0.29, 0.717) is 35.5 Å². The highest BCUT2D eigenvalue weighted by molar-refractivity contribution is 6.00. The molecular weight excluding hydrogens is 400 g/mol. The molecule has 1 saturated carbocycles. The minimum atomic E-state index is -0.506. The zero-order valence-corrected chi connectivity index (χ0v) is 17.1. The van der Waals surface area contributed by atoms with Gasteiger partial charge in [0, 0.05) is 18.2 Å². The number of anilines is 3. The highest BCUT2D eigenvalue weighted by atomic mass is 16.5. The van der Waals surface area contributed by atoms with Gasteiger partial charge in [0.1, 0.15) is 0 Å². The van der Waals surface area contributed by atoms with Gasteiger partial charge in [-0.2, -0.15) is 0 Å². The van der Waals surface area contributed by atoms with Crippen molar-refractivity contribution in [3.05, 3.63) is 47.5 Å². The maximum atomic E-state index is 12.4. The van der Waals surface area contributed by atoms with E-state index in [-0.39, 0.29) is 17.8 Å². The molecule has 10 heteroatoms. The number of amides is 2. The van der Waals surface area contributed by atoms with Crippen LogP contribution in [0.25, 0.3) is 0 Å². The zero-order chi connectivity index (χ0) is 21.8. The SMILES string of the molecule is Cc1cc(Nc2nnc(C(=O)Nc3ccc([C@H]4CC[C@H](CC(N)=O)CC4)cc3)o2)on1. The Morgan fingerprint density at radius 1 is 1.13 bits per heavy atom. The zero-order valence-electron chi connectivity index (χ0n) is 17.1. The van der Waals surface area contributed by atoms with Crippen molar-refractivity contribution in [2.45, 2.75) is 44.9 Å². The Kier molecular flexibility index (Phi) is 5.96. The fourth-order valence-corrected chi connectivity index (χ4v) is 3.90. The fraction of sp³-hybridized carbons (Fsp3) is 0.381. The lowest BCUT2D eigenvalue weighted by Gasteiger charge is -2.28. The summed E-state index contributed by atoms with van der Waals surface area (Å²) in [6.07, 6.45) is 4.56. The molecule has 1 aromatic carbocycles. The monoisotopic (exact) mass is 424 g/mol. The number of hydrogen-bond acceptors (Lipinski definition) is 8. The molecule has 2 aromatic heterocycles. The lowest BCUT2D eigenvalue weighted by atomic mass is 9.77. The summed E-state index contributed by atoms with van der Waals surface area (Å²) in [5.74, 6) is 0.296. The average Bonchev–Trinajstić information content (AvgIpc) is 3.38. The highest BCUT2D eigenvalue weighted by Gasteiger charge is 2.23. The number of aryl methyl sites for hydroxylation is 1. The summed E-state index contributed by atoms with van der Waals surface area (Å²) in [4.78, 5) is 23.5. The summed E-state index contributed by atoms with van der Waals surface area (Å²) in [7, 11) is 0. The van der Waals surface area contributed by atoms with Crippen LogP contribution in [0.4, 0.5) is 17.6 Å². The third-order valence-corrected chi connectivity index (χ3v) is 5.45. The van der Waals surface area contributed by atoms with Gasteiger partial charge in [-0.1, -0.05) is 22.4 Å². The van der Waals surface area contributed by atoms with Crippen LogP contribution in [0.15, 0.2) is 39.3 Å². The first-order valence-electron chi connectivity index (χ1n) is 10.2. The number of nitrogens with zero attached hydrogens (tertiary/aromatic N) is 3. The van der Waals surface area contributed by atoms with Crippen molar-refractivity contribution in [1.29, 1.82) is 0 Å². The lowest BCUT2D eigenvalue weighted by Crippen LogP contribution is -2.20. The van der Waals surface area contributed by atoms with Crippen molar-refractivity contribution in [2.24, 2.45) is 11.7 Å². The van der Waals surface area contributed by atoms with E-state index in [1.807, 2.05) is 24.3 Å². The molecule has 0 aliphatic heterocycles. The minimum Gasteiger partial charge on any atom is -0.399 e. The Labute approximate surface area is 178 Å². The Hall–Kier alpha value is -3.69. The van der Waals surface area contributed by atoms with Crippen LogP contribution >= 0.6 is 0 Å². The summed E-state index contributed by atoms with van der Waals surface area (Å²) in [6.45, 7) is 1.78. The van der Waals surface area contributed by atoms with E-state index in [2.05, 4.69) is 26.0 Å². The summed E-state index contributed by atoms with van der Waals surface area (Å²) >= 11 is 0. The van der Waals surface area contributed by atoms with Crippen LogP contribution in [0, 0.1) is 12.8 Å². The molecule has 0 atom stereocenters. The summed E-state index contributed by atoms with van der Waals surface area (Å²) in [5.41, 5.74) is 7.86. The topological polar surface area (TPSA) is 149 Å². The maximum Gasteiger partial charge on any atom is 0.322 e. The quantitative estimate of drug-likeness (QED) is 0.521. The fourth-order valence-electron chi connectivity index (χ4n) is 3.90. The van der Waals surface area contributed by atoms with Crippen molar-refractivity contribution in [3.8, 4) is 0 Å². The van der Waals surface area contributed by atoms with Crippen LogP contribution < -0.4 is 16.4 Å². The second-order valence-corrected chi connectivity index (χ2v) is 7.83. The molecule has 31 heavy (non-hydrogen) atoms. The lowest BCUT2D eigenvalue weighted by molar-refractivity contribution is -0.119. The number of nitrogens with two attached hydrogens (primary N) is 1. The number of hydrogen-bond donors (Lipinski definition) is 3. The molecule has 10 nitrogen and oxygen atoms in total. The van der Waals surface area contributed by atoms with E-state index in [9.17, 15) is 9.59 Å². The second kappa shape index (κ2) is 8.99. The van der Waals surface area contributed by atoms with Gasteiger partial charge in [0.15, 0.2) is 0 Å². The molecule has 4 N–H and O–H groups in total. The summed E-state index contributed by atoms with van der Waals surface area (Å²) in [5, 5.41) is 16.8. The number of rotatable bonds is 7. The Morgan fingerprint density at radius 3 is 2.52 bits per heavy atom. The third-order valence-electron chi connectivity index (χ3n) is 5.45. The van der Waals surface area contributed by atoms with Crippen LogP contribution in [0.2, 0.25) is 0 Å². The predicted molar refractivity (Wildman–Crippen MR) is 112 cm³/mol. The molecule has 1 aliphatic carbocycles. The normalized spacial score (nSPS) is 18.5. The van der Waals surface area contributed by atoms with E-state index >= 15 is 0 Å². The molecule has 1 aliphatic rings. The molecule has 0 bridgehead atoms. The van der Waals surface area contributed by atoms with Gasteiger partial charge < -0.3 is 20.0 Å². The Morgan fingerprint density at radius 2 is 1.87 bits per heavy atom. The molecular formula is C21H24N6O4. The largest absolute Gasteiger partial charge is 0.399 e. The van der Waals surface area contributed by atoms with Crippen molar-refractivity contribution < 1.29 is 18.5 Å². The van der Waals surface area contributed by atoms with Gasteiger partial charge in [-0.25, -0.2) is 0 Å². The van der Waals surface area contributed by atoms with Crippen molar-refractivity contribution in [2.75, 3.05) is 10.6 Å². The number of aromatic nitrogens is 3. The third kappa shape index (κ3) is 5.27. The van der Waals surface area contributed by atoms with E-state index in [0.717, 1.165) is 25.7 Å². The van der Waals surface area contributed by atoms with Gasteiger partial charge in [0.05, 0.1) is 5.69 Å². The maximum absolute atomic E-state index is 12.4. The number of primary amides is 1. The van der Waals surface area contributed by atoms with Gasteiger partial charge >= 0.3 is 17.8 Å². The smallest absolute Gasteiger partial charge is 0.322 e.